The van der Waals surface area contributed by atoms with Crippen LogP contribution in [-0.4, -0.2) is 22.6 Å². The molecular weight excluding hydrogens is 632 g/mol. The summed E-state index contributed by atoms with van der Waals surface area (Å²) in [6.07, 6.45) is 10.6. The fourth-order valence-corrected chi connectivity index (χ4v) is 20.4. The number of fused-ring (bicyclic) bond motifs is 2. The topological polar surface area (TPSA) is 0 Å². The Hall–Kier alpha value is 0.243. The van der Waals surface area contributed by atoms with E-state index in [0.29, 0.717) is 0 Å². The predicted octanol–water partition coefficient (Wildman–Crippen LogP) is 5.43. The number of halogens is 2. The normalized spacial score (nSPS) is 21.9. The summed E-state index contributed by atoms with van der Waals surface area (Å²) in [5.74, 6) is 0. The van der Waals surface area contributed by atoms with Crippen LogP contribution in [0.4, 0.5) is 0 Å². The Morgan fingerprint density at radius 3 is 1.18 bits per heavy atom. The molecule has 0 heterocycles. The molecule has 0 spiro atoms. The van der Waals surface area contributed by atoms with Crippen LogP contribution in [-0.2, 0) is 23.2 Å². The molecule has 0 aliphatic heterocycles. The van der Waals surface area contributed by atoms with Crippen molar-refractivity contribution >= 4 is 28.0 Å². The number of benzene rings is 2. The fourth-order valence-electron chi connectivity index (χ4n) is 6.25. The van der Waals surface area contributed by atoms with Crippen LogP contribution >= 0.6 is 15.8 Å². The van der Waals surface area contributed by atoms with E-state index in [2.05, 4.69) is 116 Å². The summed E-state index contributed by atoms with van der Waals surface area (Å²) in [4.78, 5) is 0. The van der Waals surface area contributed by atoms with Crippen LogP contribution in [0.5, 0.6) is 0 Å². The van der Waals surface area contributed by atoms with E-state index in [-0.39, 0.29) is 40.7 Å². The van der Waals surface area contributed by atoms with Gasteiger partial charge in [-0.05, 0) is 0 Å². The van der Waals surface area contributed by atoms with E-state index in [9.17, 15) is 0 Å². The third-order valence-electron chi connectivity index (χ3n) is 9.00. The van der Waals surface area contributed by atoms with Gasteiger partial charge in [-0.25, -0.2) is 0 Å². The summed E-state index contributed by atoms with van der Waals surface area (Å²) in [7, 11) is -0.258. The molecule has 0 saturated heterocycles. The van der Waals surface area contributed by atoms with Crippen molar-refractivity contribution < 1.29 is 48.0 Å². The molecule has 0 aromatic heterocycles. The Morgan fingerprint density at radius 1 is 0.564 bits per heavy atom. The summed E-state index contributed by atoms with van der Waals surface area (Å²) in [5.41, 5.74) is 9.61. The molecule has 0 amide bonds. The van der Waals surface area contributed by atoms with Gasteiger partial charge in [0.2, 0.25) is 0 Å². The largest absolute Gasteiger partial charge is 1.00 e. The van der Waals surface area contributed by atoms with Gasteiger partial charge in [-0.2, -0.15) is 0 Å². The van der Waals surface area contributed by atoms with Gasteiger partial charge in [-0.1, -0.05) is 0 Å². The molecule has 0 bridgehead atoms. The van der Waals surface area contributed by atoms with Gasteiger partial charge in [0.1, 0.15) is 0 Å². The van der Waals surface area contributed by atoms with Gasteiger partial charge in [0.05, 0.1) is 0 Å². The van der Waals surface area contributed by atoms with Crippen LogP contribution < -0.4 is 24.8 Å². The summed E-state index contributed by atoms with van der Waals surface area (Å²) in [6.45, 7) is 19.9. The Balaban J connectivity index is 0.00000267. The number of hydrogen-bond acceptors (Lipinski definition) is 0. The first-order chi connectivity index (χ1) is 17.9. The zero-order valence-electron chi connectivity index (χ0n) is 25.2. The van der Waals surface area contributed by atoms with Gasteiger partial charge in [-0.3, -0.25) is 0 Å². The van der Waals surface area contributed by atoms with E-state index in [1.165, 1.54) is 36.8 Å². The first kappa shape index (κ1) is 35.4. The zero-order valence-corrected chi connectivity index (χ0v) is 31.0. The van der Waals surface area contributed by atoms with Crippen LogP contribution in [0.3, 0.4) is 0 Å². The molecule has 39 heavy (non-hydrogen) atoms. The van der Waals surface area contributed by atoms with Crippen molar-refractivity contribution in [1.82, 2.24) is 0 Å². The summed E-state index contributed by atoms with van der Waals surface area (Å²) in [6, 6.07) is 18.9. The zero-order chi connectivity index (χ0) is 26.7. The first-order valence-corrected chi connectivity index (χ1v) is 20.6. The van der Waals surface area contributed by atoms with Gasteiger partial charge in [-0.15, -0.1) is 0 Å². The first-order valence-electron chi connectivity index (χ1n) is 14.8. The predicted molar refractivity (Wildman–Crippen MR) is 167 cm³/mol. The van der Waals surface area contributed by atoms with E-state index in [1.807, 2.05) is 10.6 Å². The van der Waals surface area contributed by atoms with Gasteiger partial charge >= 0.3 is 244 Å². The molecule has 2 aliphatic carbocycles. The average molecular weight is 681 g/mol. The Morgan fingerprint density at radius 2 is 0.872 bits per heavy atom. The van der Waals surface area contributed by atoms with Crippen molar-refractivity contribution in [2.75, 3.05) is 0 Å². The maximum atomic E-state index is 2.68. The van der Waals surface area contributed by atoms with E-state index >= 15 is 0 Å². The van der Waals surface area contributed by atoms with Crippen molar-refractivity contribution in [2.24, 2.45) is 0 Å². The van der Waals surface area contributed by atoms with Gasteiger partial charge in [0.15, 0.2) is 0 Å². The SMILES string of the molecule is CCC(C)P(C1=Cc2ccccc2[CH]1[Zr+2][CH]1C(P(C(C)CC)C(C)CC)=Cc2ccccc21)C(C)CC.[Cl-].[Cl-]. The number of hydrogen-bond donors (Lipinski definition) is 0. The Bertz CT molecular complexity index is 1020. The van der Waals surface area contributed by atoms with Gasteiger partial charge in [0, 0.05) is 0 Å². The van der Waals surface area contributed by atoms with Crippen molar-refractivity contribution in [3.63, 3.8) is 0 Å². The molecule has 0 saturated carbocycles. The molecule has 0 radical (unpaired) electrons. The van der Waals surface area contributed by atoms with Crippen molar-refractivity contribution in [2.45, 2.75) is 111 Å². The second-order valence-corrected chi connectivity index (χ2v) is 21.1. The van der Waals surface area contributed by atoms with Crippen molar-refractivity contribution in [3.05, 3.63) is 81.4 Å². The molecule has 2 aromatic rings. The molecule has 5 heteroatoms. The molecule has 6 unspecified atom stereocenters. The van der Waals surface area contributed by atoms with Crippen LogP contribution in [0.1, 0.15) is 111 Å². The van der Waals surface area contributed by atoms with Gasteiger partial charge in [0.25, 0.3) is 0 Å². The van der Waals surface area contributed by atoms with Crippen LogP contribution in [0, 0.1) is 0 Å². The fraction of sp³-hybridized carbons (Fsp3) is 0.529. The standard InChI is InChI=1S/2C17H24P.2ClH.Zr/c2*1-5-13(3)18(14(4)6-2)17-11-15-9-7-8-10-16(15)12-17;;;/h2*7-14H,5-6H2,1-4H3;2*1H;/q;;;;+2/p-2. The van der Waals surface area contributed by atoms with Crippen LogP contribution in [0.25, 0.3) is 12.2 Å². The van der Waals surface area contributed by atoms with E-state index in [4.69, 9.17) is 0 Å². The second kappa shape index (κ2) is 16.2. The quantitative estimate of drug-likeness (QED) is 0.263. The number of allylic oxidation sites excluding steroid dienone is 2. The molecule has 0 fully saturated rings. The maximum absolute atomic E-state index is 2.68. The van der Waals surface area contributed by atoms with Crippen LogP contribution in [0.2, 0.25) is 0 Å². The van der Waals surface area contributed by atoms with Crippen molar-refractivity contribution in [3.8, 4) is 0 Å². The Labute approximate surface area is 266 Å². The van der Waals surface area contributed by atoms with E-state index in [1.54, 1.807) is 11.1 Å². The molecule has 2 aliphatic rings. The summed E-state index contributed by atoms with van der Waals surface area (Å²) < 4.78 is 1.44. The summed E-state index contributed by atoms with van der Waals surface area (Å²) in [5, 5.41) is 3.73. The third-order valence-corrected chi connectivity index (χ3v) is 22.1. The second-order valence-electron chi connectivity index (χ2n) is 11.3. The minimum Gasteiger partial charge on any atom is -1.00 e. The molecule has 0 nitrogen and oxygen atoms in total. The molecule has 212 valence electrons. The average Bonchev–Trinajstić information content (AvgIpc) is 3.46. The molecule has 0 N–H and O–H groups in total. The van der Waals surface area contributed by atoms with E-state index < -0.39 is 23.2 Å². The van der Waals surface area contributed by atoms with Crippen molar-refractivity contribution in [1.29, 1.82) is 0 Å². The molecule has 4 rings (SSSR count). The molecule has 6 atom stereocenters. The smallest absolute Gasteiger partial charge is 1.00 e. The minimum atomic E-state index is -0.885. The van der Waals surface area contributed by atoms with E-state index in [0.717, 1.165) is 29.9 Å². The molecular formula is C34H48Cl2P2Zr. The van der Waals surface area contributed by atoms with Crippen LogP contribution in [0.15, 0.2) is 59.2 Å². The number of rotatable bonds is 12. The maximum Gasteiger partial charge on any atom is -1.00 e. The molecule has 2 aromatic carbocycles. The summed E-state index contributed by atoms with van der Waals surface area (Å²) >= 11 is -0.885. The minimum absolute atomic E-state index is 0. The third kappa shape index (κ3) is 7.43. The Kier molecular flexibility index (Phi) is 14.7. The van der Waals surface area contributed by atoms with Gasteiger partial charge < -0.3 is 24.8 Å². The monoisotopic (exact) mass is 678 g/mol.